The monoisotopic (exact) mass is 434 g/mol. The molecule has 0 saturated heterocycles. The largest absolute Gasteiger partial charge is 0.350 e. The fourth-order valence-corrected chi connectivity index (χ4v) is 3.85. The van der Waals surface area contributed by atoms with Crippen molar-refractivity contribution in [3.63, 3.8) is 0 Å². The number of nitrogens with zero attached hydrogens (tertiary/aromatic N) is 1. The smallest absolute Gasteiger partial charge is 0.278 e. The van der Waals surface area contributed by atoms with Crippen LogP contribution in [0.15, 0.2) is 72.4 Å². The van der Waals surface area contributed by atoms with E-state index in [-0.39, 0.29) is 18.1 Å². The van der Waals surface area contributed by atoms with Crippen molar-refractivity contribution >= 4 is 34.7 Å². The summed E-state index contributed by atoms with van der Waals surface area (Å²) >= 11 is 6.26. The Morgan fingerprint density at radius 3 is 2.32 bits per heavy atom. The Balaban J connectivity index is 1.78. The van der Waals surface area contributed by atoms with Crippen molar-refractivity contribution < 1.29 is 14.0 Å². The number of rotatable bonds is 5. The third kappa shape index (κ3) is 4.09. The summed E-state index contributed by atoms with van der Waals surface area (Å²) in [5, 5.41) is 3.52. The van der Waals surface area contributed by atoms with Gasteiger partial charge in [0.1, 0.15) is 11.5 Å². The minimum atomic E-state index is -0.454. The lowest BCUT2D eigenvalue weighted by Gasteiger charge is -2.16. The molecule has 0 radical (unpaired) electrons. The maximum Gasteiger partial charge on any atom is 0.278 e. The molecule has 0 atom stereocenters. The van der Waals surface area contributed by atoms with Gasteiger partial charge in [0.05, 0.1) is 12.1 Å². The molecule has 0 fully saturated rings. The van der Waals surface area contributed by atoms with Crippen molar-refractivity contribution in [2.75, 3.05) is 5.32 Å². The maximum absolute atomic E-state index is 13.4. The molecule has 0 bridgehead atoms. The van der Waals surface area contributed by atoms with Gasteiger partial charge in [-0.05, 0) is 60.9 Å². The molecular weight excluding hydrogens is 415 g/mol. The summed E-state index contributed by atoms with van der Waals surface area (Å²) in [4.78, 5) is 27.9. The van der Waals surface area contributed by atoms with E-state index in [0.717, 1.165) is 11.1 Å². The molecule has 3 aromatic rings. The van der Waals surface area contributed by atoms with Gasteiger partial charge in [-0.3, -0.25) is 14.5 Å². The predicted octanol–water partition coefficient (Wildman–Crippen LogP) is 5.49. The highest BCUT2D eigenvalue weighted by Crippen LogP contribution is 2.34. The lowest BCUT2D eigenvalue weighted by molar-refractivity contribution is -0.137. The summed E-state index contributed by atoms with van der Waals surface area (Å²) in [6, 6.07) is 18.5. The fraction of sp³-hybridized carbons (Fsp3) is 0.120. The van der Waals surface area contributed by atoms with Gasteiger partial charge in [0.15, 0.2) is 0 Å². The zero-order valence-corrected chi connectivity index (χ0v) is 17.8. The number of amides is 2. The third-order valence-electron chi connectivity index (χ3n) is 5.22. The molecule has 1 aliphatic rings. The Morgan fingerprint density at radius 1 is 0.935 bits per heavy atom. The van der Waals surface area contributed by atoms with Gasteiger partial charge in [-0.1, -0.05) is 53.6 Å². The topological polar surface area (TPSA) is 49.4 Å². The quantitative estimate of drug-likeness (QED) is 0.540. The van der Waals surface area contributed by atoms with Crippen LogP contribution in [-0.4, -0.2) is 16.7 Å². The van der Waals surface area contributed by atoms with Crippen molar-refractivity contribution in [1.82, 2.24) is 4.90 Å². The predicted molar refractivity (Wildman–Crippen MR) is 120 cm³/mol. The molecule has 31 heavy (non-hydrogen) atoms. The molecule has 156 valence electrons. The second-order valence-electron chi connectivity index (χ2n) is 7.49. The van der Waals surface area contributed by atoms with Gasteiger partial charge in [-0.25, -0.2) is 4.39 Å². The van der Waals surface area contributed by atoms with E-state index in [1.807, 2.05) is 38.1 Å². The van der Waals surface area contributed by atoms with Crippen LogP contribution in [0.5, 0.6) is 0 Å². The average molecular weight is 435 g/mol. The van der Waals surface area contributed by atoms with Gasteiger partial charge in [-0.15, -0.1) is 0 Å². The first-order valence-electron chi connectivity index (χ1n) is 9.79. The first-order chi connectivity index (χ1) is 14.8. The van der Waals surface area contributed by atoms with Crippen molar-refractivity contribution in [3.8, 4) is 0 Å². The van der Waals surface area contributed by atoms with Gasteiger partial charge < -0.3 is 5.32 Å². The van der Waals surface area contributed by atoms with E-state index in [0.29, 0.717) is 27.4 Å². The van der Waals surface area contributed by atoms with Crippen LogP contribution in [0.2, 0.25) is 5.02 Å². The number of aryl methyl sites for hydroxylation is 2. The number of hydrogen-bond acceptors (Lipinski definition) is 3. The van der Waals surface area contributed by atoms with Gasteiger partial charge in [0, 0.05) is 10.7 Å². The Hall–Kier alpha value is -3.44. The summed E-state index contributed by atoms with van der Waals surface area (Å²) in [6.07, 6.45) is 0. The molecule has 4 rings (SSSR count). The van der Waals surface area contributed by atoms with Crippen molar-refractivity contribution in [2.24, 2.45) is 0 Å². The number of halogens is 2. The summed E-state index contributed by atoms with van der Waals surface area (Å²) in [5.74, 6) is -1.24. The van der Waals surface area contributed by atoms with Crippen molar-refractivity contribution in [3.05, 3.63) is 106 Å². The van der Waals surface area contributed by atoms with E-state index in [9.17, 15) is 14.0 Å². The second-order valence-corrected chi connectivity index (χ2v) is 7.90. The molecule has 1 aliphatic heterocycles. The molecular formula is C25H20ClFN2O2. The van der Waals surface area contributed by atoms with E-state index in [2.05, 4.69) is 5.32 Å². The van der Waals surface area contributed by atoms with Gasteiger partial charge in [0.2, 0.25) is 0 Å². The van der Waals surface area contributed by atoms with Crippen molar-refractivity contribution in [2.45, 2.75) is 20.4 Å². The molecule has 0 aliphatic carbocycles. The van der Waals surface area contributed by atoms with E-state index in [4.69, 9.17) is 11.6 Å². The van der Waals surface area contributed by atoms with Crippen LogP contribution in [0, 0.1) is 19.7 Å². The number of carbonyl (C=O) groups is 2. The number of imide groups is 1. The molecule has 3 aromatic carbocycles. The zero-order chi connectivity index (χ0) is 22.1. The first-order valence-corrected chi connectivity index (χ1v) is 10.2. The normalized spacial score (nSPS) is 13.9. The molecule has 6 heteroatoms. The fourth-order valence-electron chi connectivity index (χ4n) is 3.65. The molecule has 0 spiro atoms. The Morgan fingerprint density at radius 2 is 1.65 bits per heavy atom. The number of carbonyl (C=O) groups excluding carboxylic acids is 2. The number of benzene rings is 3. The number of nitrogens with one attached hydrogen (secondary N) is 1. The lowest BCUT2D eigenvalue weighted by atomic mass is 9.97. The minimum absolute atomic E-state index is 0.0559. The summed E-state index contributed by atoms with van der Waals surface area (Å²) in [6.45, 7) is 3.92. The van der Waals surface area contributed by atoms with E-state index in [1.165, 1.54) is 29.2 Å². The van der Waals surface area contributed by atoms with Crippen LogP contribution in [0.25, 0.3) is 5.57 Å². The highest BCUT2D eigenvalue weighted by molar-refractivity contribution is 6.37. The van der Waals surface area contributed by atoms with E-state index < -0.39 is 11.8 Å². The standard InChI is InChI=1S/C25H20ClFN2O2/c1-15-7-12-20(16(2)13-15)22-23(28-19-10-8-18(27)9-11-19)25(31)29(24(22)30)14-17-5-3-4-6-21(17)26/h3-13,28H,14H2,1-2H3. The second kappa shape index (κ2) is 8.36. The highest BCUT2D eigenvalue weighted by Gasteiger charge is 2.39. The molecule has 0 aromatic heterocycles. The molecule has 1 N–H and O–H groups in total. The SMILES string of the molecule is Cc1ccc(C2=C(Nc3ccc(F)cc3)C(=O)N(Cc3ccccc3Cl)C2=O)c(C)c1. The average Bonchev–Trinajstić information content (AvgIpc) is 2.96. The van der Waals surface area contributed by atoms with Crippen LogP contribution in [0.1, 0.15) is 22.3 Å². The Kier molecular flexibility index (Phi) is 5.61. The number of hydrogen-bond donors (Lipinski definition) is 1. The molecule has 0 saturated carbocycles. The van der Waals surface area contributed by atoms with Crippen LogP contribution in [0.4, 0.5) is 10.1 Å². The lowest BCUT2D eigenvalue weighted by Crippen LogP contribution is -2.32. The van der Waals surface area contributed by atoms with Gasteiger partial charge in [0.25, 0.3) is 11.8 Å². The summed E-state index contributed by atoms with van der Waals surface area (Å²) < 4.78 is 13.3. The van der Waals surface area contributed by atoms with Crippen LogP contribution in [0.3, 0.4) is 0 Å². The molecule has 2 amide bonds. The number of anilines is 1. The van der Waals surface area contributed by atoms with E-state index >= 15 is 0 Å². The Bertz CT molecular complexity index is 1220. The van der Waals surface area contributed by atoms with Crippen LogP contribution >= 0.6 is 11.6 Å². The summed E-state index contributed by atoms with van der Waals surface area (Å²) in [7, 11) is 0. The zero-order valence-electron chi connectivity index (χ0n) is 17.1. The third-order valence-corrected chi connectivity index (χ3v) is 5.59. The maximum atomic E-state index is 13.4. The molecule has 4 nitrogen and oxygen atoms in total. The van der Waals surface area contributed by atoms with Gasteiger partial charge in [-0.2, -0.15) is 0 Å². The molecule has 0 unspecified atom stereocenters. The summed E-state index contributed by atoms with van der Waals surface area (Å²) in [5.41, 5.74) is 4.26. The Labute approximate surface area is 185 Å². The van der Waals surface area contributed by atoms with Gasteiger partial charge >= 0.3 is 0 Å². The first kappa shape index (κ1) is 20.8. The van der Waals surface area contributed by atoms with Crippen molar-refractivity contribution in [1.29, 1.82) is 0 Å². The highest BCUT2D eigenvalue weighted by atomic mass is 35.5. The minimum Gasteiger partial charge on any atom is -0.350 e. The van der Waals surface area contributed by atoms with E-state index in [1.54, 1.807) is 18.2 Å². The van der Waals surface area contributed by atoms with Crippen LogP contribution in [-0.2, 0) is 16.1 Å². The molecule has 1 heterocycles. The van der Waals surface area contributed by atoms with Crippen LogP contribution < -0.4 is 5.32 Å².